The first-order valence-corrected chi connectivity index (χ1v) is 8.12. The monoisotopic (exact) mass is 289 g/mol. The molecule has 1 aliphatic carbocycles. The van der Waals surface area contributed by atoms with Gasteiger partial charge in [-0.2, -0.15) is 0 Å². The SMILES string of the molecule is CCCNc1ccc(C(=O)NC2CCCC(C)C2C)cn1. The van der Waals surface area contributed by atoms with Gasteiger partial charge in [0, 0.05) is 18.8 Å². The molecule has 0 saturated heterocycles. The Bertz CT molecular complexity index is 458. The molecular formula is C17H27N3O. The molecule has 1 fully saturated rings. The molecule has 0 spiro atoms. The molecule has 116 valence electrons. The molecule has 3 atom stereocenters. The minimum absolute atomic E-state index is 0.00417. The van der Waals surface area contributed by atoms with Crippen molar-refractivity contribution in [2.75, 3.05) is 11.9 Å². The number of hydrogen-bond donors (Lipinski definition) is 2. The number of aromatic nitrogens is 1. The van der Waals surface area contributed by atoms with Crippen molar-refractivity contribution in [2.45, 2.75) is 52.5 Å². The van der Waals surface area contributed by atoms with Crippen molar-refractivity contribution in [3.8, 4) is 0 Å². The zero-order chi connectivity index (χ0) is 15.2. The first kappa shape index (κ1) is 15.8. The van der Waals surface area contributed by atoms with Crippen molar-refractivity contribution < 1.29 is 4.79 Å². The third-order valence-corrected chi connectivity index (χ3v) is 4.61. The highest BCUT2D eigenvalue weighted by Crippen LogP contribution is 2.29. The second kappa shape index (κ2) is 7.43. The average Bonchev–Trinajstić information content (AvgIpc) is 2.50. The molecule has 0 bridgehead atoms. The molecule has 0 aromatic carbocycles. The highest BCUT2D eigenvalue weighted by molar-refractivity contribution is 5.94. The van der Waals surface area contributed by atoms with Crippen LogP contribution in [0.25, 0.3) is 0 Å². The third-order valence-electron chi connectivity index (χ3n) is 4.61. The maximum Gasteiger partial charge on any atom is 0.253 e. The summed E-state index contributed by atoms with van der Waals surface area (Å²) in [7, 11) is 0. The molecule has 4 heteroatoms. The van der Waals surface area contributed by atoms with Gasteiger partial charge in [0.05, 0.1) is 5.56 Å². The summed E-state index contributed by atoms with van der Waals surface area (Å²) in [6.07, 6.45) is 6.27. The molecule has 1 saturated carbocycles. The standard InChI is InChI=1S/C17H27N3O/c1-4-10-18-16-9-8-14(11-19-16)17(21)20-15-7-5-6-12(2)13(15)3/h8-9,11-13,15H,4-7,10H2,1-3H3,(H,18,19)(H,20,21). The van der Waals surface area contributed by atoms with Gasteiger partial charge in [-0.25, -0.2) is 4.98 Å². The van der Waals surface area contributed by atoms with Crippen LogP contribution in [-0.2, 0) is 0 Å². The number of rotatable bonds is 5. The maximum absolute atomic E-state index is 12.3. The highest BCUT2D eigenvalue weighted by atomic mass is 16.1. The smallest absolute Gasteiger partial charge is 0.253 e. The van der Waals surface area contributed by atoms with Crippen LogP contribution in [-0.4, -0.2) is 23.5 Å². The van der Waals surface area contributed by atoms with E-state index in [1.807, 2.05) is 12.1 Å². The molecule has 21 heavy (non-hydrogen) atoms. The van der Waals surface area contributed by atoms with Crippen molar-refractivity contribution in [3.05, 3.63) is 23.9 Å². The van der Waals surface area contributed by atoms with Gasteiger partial charge in [0.15, 0.2) is 0 Å². The van der Waals surface area contributed by atoms with Gasteiger partial charge in [-0.15, -0.1) is 0 Å². The number of nitrogens with one attached hydrogen (secondary N) is 2. The Labute approximate surface area is 127 Å². The normalized spacial score (nSPS) is 25.4. The van der Waals surface area contributed by atoms with Crippen LogP contribution in [0.1, 0.15) is 56.8 Å². The molecule has 4 nitrogen and oxygen atoms in total. The van der Waals surface area contributed by atoms with Gasteiger partial charge in [-0.1, -0.05) is 33.6 Å². The van der Waals surface area contributed by atoms with Gasteiger partial charge in [-0.3, -0.25) is 4.79 Å². The number of carbonyl (C=O) groups is 1. The van der Waals surface area contributed by atoms with Crippen LogP contribution in [0, 0.1) is 11.8 Å². The van der Waals surface area contributed by atoms with Crippen LogP contribution in [0.4, 0.5) is 5.82 Å². The Morgan fingerprint density at radius 2 is 2.14 bits per heavy atom. The molecule has 0 aliphatic heterocycles. The van der Waals surface area contributed by atoms with Crippen LogP contribution in [0.5, 0.6) is 0 Å². The van der Waals surface area contributed by atoms with Crippen molar-refractivity contribution in [3.63, 3.8) is 0 Å². The maximum atomic E-state index is 12.3. The van der Waals surface area contributed by atoms with Crippen LogP contribution >= 0.6 is 0 Å². The van der Waals surface area contributed by atoms with Crippen molar-refractivity contribution in [1.29, 1.82) is 0 Å². The number of carbonyl (C=O) groups excluding carboxylic acids is 1. The first-order chi connectivity index (χ1) is 10.1. The van der Waals surface area contributed by atoms with Crippen molar-refractivity contribution in [1.82, 2.24) is 10.3 Å². The fourth-order valence-electron chi connectivity index (χ4n) is 2.92. The van der Waals surface area contributed by atoms with Gasteiger partial charge in [-0.05, 0) is 36.8 Å². The van der Waals surface area contributed by atoms with Gasteiger partial charge >= 0.3 is 0 Å². The predicted molar refractivity (Wildman–Crippen MR) is 86.5 cm³/mol. The molecule has 2 N–H and O–H groups in total. The van der Waals surface area contributed by atoms with Crippen molar-refractivity contribution >= 4 is 11.7 Å². The summed E-state index contributed by atoms with van der Waals surface area (Å²) in [5.74, 6) is 2.05. The van der Waals surface area contributed by atoms with E-state index in [0.29, 0.717) is 23.4 Å². The topological polar surface area (TPSA) is 54.0 Å². The molecule has 3 unspecified atom stereocenters. The molecule has 1 aliphatic rings. The molecule has 1 aromatic rings. The number of nitrogens with zero attached hydrogens (tertiary/aromatic N) is 1. The predicted octanol–water partition coefficient (Wildman–Crippen LogP) is 3.46. The summed E-state index contributed by atoms with van der Waals surface area (Å²) in [6.45, 7) is 7.53. The molecule has 0 radical (unpaired) electrons. The largest absolute Gasteiger partial charge is 0.370 e. The number of amides is 1. The number of anilines is 1. The van der Waals surface area contributed by atoms with Gasteiger partial charge < -0.3 is 10.6 Å². The highest BCUT2D eigenvalue weighted by Gasteiger charge is 2.28. The van der Waals surface area contributed by atoms with E-state index in [4.69, 9.17) is 0 Å². The first-order valence-electron chi connectivity index (χ1n) is 8.12. The lowest BCUT2D eigenvalue weighted by Gasteiger charge is -2.34. The van der Waals surface area contributed by atoms with E-state index in [1.54, 1.807) is 6.20 Å². The summed E-state index contributed by atoms with van der Waals surface area (Å²) in [5, 5.41) is 6.39. The number of pyridine rings is 1. The molecule has 2 rings (SSSR count). The van der Waals surface area contributed by atoms with Crippen molar-refractivity contribution in [2.24, 2.45) is 11.8 Å². The molecule has 1 heterocycles. The lowest BCUT2D eigenvalue weighted by molar-refractivity contribution is 0.0890. The van der Waals surface area contributed by atoms with Gasteiger partial charge in [0.1, 0.15) is 5.82 Å². The molecule has 1 amide bonds. The Kier molecular flexibility index (Phi) is 5.59. The minimum atomic E-state index is -0.00417. The number of hydrogen-bond acceptors (Lipinski definition) is 3. The summed E-state index contributed by atoms with van der Waals surface area (Å²) in [6, 6.07) is 4.01. The fourth-order valence-corrected chi connectivity index (χ4v) is 2.92. The second-order valence-electron chi connectivity index (χ2n) is 6.21. The molecule has 1 aromatic heterocycles. The van der Waals surface area contributed by atoms with E-state index in [2.05, 4.69) is 36.4 Å². The Balaban J connectivity index is 1.93. The lowest BCUT2D eigenvalue weighted by atomic mass is 9.78. The van der Waals surface area contributed by atoms with Crippen LogP contribution in [0.2, 0.25) is 0 Å². The van der Waals surface area contributed by atoms with E-state index < -0.39 is 0 Å². The summed E-state index contributed by atoms with van der Waals surface area (Å²) in [4.78, 5) is 16.6. The summed E-state index contributed by atoms with van der Waals surface area (Å²) < 4.78 is 0. The quantitative estimate of drug-likeness (QED) is 0.873. The zero-order valence-corrected chi connectivity index (χ0v) is 13.4. The van der Waals surface area contributed by atoms with Gasteiger partial charge in [0.25, 0.3) is 5.91 Å². The lowest BCUT2D eigenvalue weighted by Crippen LogP contribution is -2.43. The zero-order valence-electron chi connectivity index (χ0n) is 13.4. The van der Waals surface area contributed by atoms with Crippen LogP contribution in [0.15, 0.2) is 18.3 Å². The van der Waals surface area contributed by atoms with Crippen LogP contribution < -0.4 is 10.6 Å². The van der Waals surface area contributed by atoms with Crippen LogP contribution in [0.3, 0.4) is 0 Å². The Morgan fingerprint density at radius 3 is 2.81 bits per heavy atom. The Hall–Kier alpha value is -1.58. The van der Waals surface area contributed by atoms with Gasteiger partial charge in [0.2, 0.25) is 0 Å². The average molecular weight is 289 g/mol. The van der Waals surface area contributed by atoms with E-state index in [1.165, 1.54) is 12.8 Å². The van der Waals surface area contributed by atoms with E-state index in [9.17, 15) is 4.79 Å². The third kappa shape index (κ3) is 4.19. The minimum Gasteiger partial charge on any atom is -0.370 e. The summed E-state index contributed by atoms with van der Waals surface area (Å²) >= 11 is 0. The fraction of sp³-hybridized carbons (Fsp3) is 0.647. The van der Waals surface area contributed by atoms with E-state index in [-0.39, 0.29) is 5.91 Å². The second-order valence-corrected chi connectivity index (χ2v) is 6.21. The molecular weight excluding hydrogens is 262 g/mol. The summed E-state index contributed by atoms with van der Waals surface area (Å²) in [5.41, 5.74) is 0.641. The Morgan fingerprint density at radius 1 is 1.33 bits per heavy atom. The van der Waals surface area contributed by atoms with E-state index >= 15 is 0 Å². The van der Waals surface area contributed by atoms with E-state index in [0.717, 1.165) is 25.2 Å².